The summed E-state index contributed by atoms with van der Waals surface area (Å²) in [6.07, 6.45) is 1.90. The number of alkyl carbamates (subject to hydrolysis) is 1. The summed E-state index contributed by atoms with van der Waals surface area (Å²) in [5.41, 5.74) is 0.919. The Hall–Kier alpha value is -2.28. The molecule has 168 valence electrons. The zero-order valence-electron chi connectivity index (χ0n) is 19.0. The van der Waals surface area contributed by atoms with Gasteiger partial charge in [0.05, 0.1) is 0 Å². The van der Waals surface area contributed by atoms with E-state index in [0.717, 1.165) is 45.1 Å². The minimum atomic E-state index is -0.482. The van der Waals surface area contributed by atoms with E-state index in [1.54, 1.807) is 0 Å². The molecular formula is C23H39N5O2. The number of aliphatic imine (C=N–C) groups is 1. The summed E-state index contributed by atoms with van der Waals surface area (Å²) in [7, 11) is 0. The Morgan fingerprint density at radius 1 is 1.17 bits per heavy atom. The number of rotatable bonds is 9. The van der Waals surface area contributed by atoms with Gasteiger partial charge in [0.2, 0.25) is 0 Å². The molecule has 0 spiro atoms. The molecule has 1 aromatic carbocycles. The summed E-state index contributed by atoms with van der Waals surface area (Å²) in [6, 6.07) is 10.7. The molecule has 0 aliphatic carbocycles. The van der Waals surface area contributed by atoms with Crippen LogP contribution in [0.5, 0.6) is 0 Å². The number of benzene rings is 1. The molecule has 1 aliphatic heterocycles. The summed E-state index contributed by atoms with van der Waals surface area (Å²) in [4.78, 5) is 19.0. The first-order chi connectivity index (χ1) is 14.4. The van der Waals surface area contributed by atoms with E-state index < -0.39 is 11.7 Å². The molecule has 7 nitrogen and oxygen atoms in total. The molecule has 1 saturated heterocycles. The van der Waals surface area contributed by atoms with Gasteiger partial charge in [0.1, 0.15) is 5.60 Å². The number of ether oxygens (including phenoxy) is 1. The molecule has 1 unspecified atom stereocenters. The van der Waals surface area contributed by atoms with E-state index in [-0.39, 0.29) is 0 Å². The lowest BCUT2D eigenvalue weighted by Gasteiger charge is -2.20. The van der Waals surface area contributed by atoms with E-state index in [1.807, 2.05) is 20.8 Å². The van der Waals surface area contributed by atoms with Crippen molar-refractivity contribution in [3.05, 3.63) is 35.9 Å². The number of guanidine groups is 1. The quantitative estimate of drug-likeness (QED) is 0.327. The van der Waals surface area contributed by atoms with Gasteiger partial charge in [0.25, 0.3) is 0 Å². The van der Waals surface area contributed by atoms with Crippen LogP contribution in [0.25, 0.3) is 0 Å². The third kappa shape index (κ3) is 9.96. The molecule has 0 aromatic heterocycles. The molecule has 2 rings (SSSR count). The Morgan fingerprint density at radius 3 is 2.60 bits per heavy atom. The summed E-state index contributed by atoms with van der Waals surface area (Å²) >= 11 is 0. The van der Waals surface area contributed by atoms with Crippen molar-refractivity contribution in [2.45, 2.75) is 46.1 Å². The highest BCUT2D eigenvalue weighted by Gasteiger charge is 2.22. The standard InChI is InChI=1S/C23H39N5O2/c1-5-24-21(25-13-14-26-22(29)30-23(2,3)4)27-17-20-12-16-28(18-20)15-11-19-9-7-6-8-10-19/h6-10,20H,5,11-18H2,1-4H3,(H,26,29)(H2,24,25,27). The maximum atomic E-state index is 11.7. The average Bonchev–Trinajstić information content (AvgIpc) is 3.15. The number of carbonyl (C=O) groups is 1. The first kappa shape index (κ1) is 24.0. The zero-order valence-corrected chi connectivity index (χ0v) is 19.0. The third-order valence-corrected chi connectivity index (χ3v) is 4.87. The molecule has 1 aromatic rings. The van der Waals surface area contributed by atoms with Crippen molar-refractivity contribution in [2.75, 3.05) is 45.8 Å². The predicted octanol–water partition coefficient (Wildman–Crippen LogP) is 2.63. The third-order valence-electron chi connectivity index (χ3n) is 4.87. The van der Waals surface area contributed by atoms with Gasteiger partial charge in [0.15, 0.2) is 5.96 Å². The van der Waals surface area contributed by atoms with Crippen molar-refractivity contribution in [1.29, 1.82) is 0 Å². The zero-order chi connectivity index (χ0) is 21.8. The van der Waals surface area contributed by atoms with Crippen LogP contribution in [0, 0.1) is 5.92 Å². The highest BCUT2D eigenvalue weighted by molar-refractivity contribution is 5.79. The van der Waals surface area contributed by atoms with Gasteiger partial charge in [-0.15, -0.1) is 0 Å². The molecule has 1 amide bonds. The van der Waals surface area contributed by atoms with Gasteiger partial charge in [-0.1, -0.05) is 30.3 Å². The Morgan fingerprint density at radius 2 is 1.90 bits per heavy atom. The SMILES string of the molecule is CCNC(=NCC1CCN(CCc2ccccc2)C1)NCCNC(=O)OC(C)(C)C. The monoisotopic (exact) mass is 417 g/mol. The molecule has 0 radical (unpaired) electrons. The maximum absolute atomic E-state index is 11.7. The highest BCUT2D eigenvalue weighted by atomic mass is 16.6. The van der Waals surface area contributed by atoms with Crippen LogP contribution in [0.1, 0.15) is 39.7 Å². The van der Waals surface area contributed by atoms with Crippen LogP contribution in [0.3, 0.4) is 0 Å². The molecule has 1 aliphatic rings. The second kappa shape index (κ2) is 12.4. The van der Waals surface area contributed by atoms with Crippen molar-refractivity contribution in [2.24, 2.45) is 10.9 Å². The fourth-order valence-corrected chi connectivity index (χ4v) is 3.42. The summed E-state index contributed by atoms with van der Waals surface area (Å²) in [5.74, 6) is 1.39. The number of amides is 1. The predicted molar refractivity (Wildman–Crippen MR) is 123 cm³/mol. The number of likely N-dealkylation sites (tertiary alicyclic amines) is 1. The molecule has 1 atom stereocenters. The van der Waals surface area contributed by atoms with Gasteiger partial charge in [-0.05, 0) is 58.6 Å². The van der Waals surface area contributed by atoms with Crippen LogP contribution in [0.4, 0.5) is 4.79 Å². The Kier molecular flexibility index (Phi) is 9.94. The second-order valence-electron chi connectivity index (χ2n) is 8.77. The fourth-order valence-electron chi connectivity index (χ4n) is 3.42. The van der Waals surface area contributed by atoms with Crippen LogP contribution < -0.4 is 16.0 Å². The van der Waals surface area contributed by atoms with Crippen LogP contribution in [-0.2, 0) is 11.2 Å². The topological polar surface area (TPSA) is 78.0 Å². The minimum absolute atomic E-state index is 0.396. The Labute approximate surface area is 181 Å². The summed E-state index contributed by atoms with van der Waals surface area (Å²) in [6.45, 7) is 13.7. The van der Waals surface area contributed by atoms with E-state index >= 15 is 0 Å². The van der Waals surface area contributed by atoms with Crippen LogP contribution in [0.2, 0.25) is 0 Å². The number of nitrogens with one attached hydrogen (secondary N) is 3. The molecule has 30 heavy (non-hydrogen) atoms. The minimum Gasteiger partial charge on any atom is -0.444 e. The molecular weight excluding hydrogens is 378 g/mol. The van der Waals surface area contributed by atoms with Gasteiger partial charge in [-0.25, -0.2) is 4.79 Å². The first-order valence-corrected chi connectivity index (χ1v) is 11.1. The summed E-state index contributed by atoms with van der Waals surface area (Å²) < 4.78 is 5.24. The van der Waals surface area contributed by atoms with E-state index in [1.165, 1.54) is 12.0 Å². The van der Waals surface area contributed by atoms with Crippen molar-refractivity contribution in [1.82, 2.24) is 20.9 Å². The van der Waals surface area contributed by atoms with Crippen LogP contribution in [0.15, 0.2) is 35.3 Å². The molecule has 0 bridgehead atoms. The van der Waals surface area contributed by atoms with Crippen molar-refractivity contribution in [3.63, 3.8) is 0 Å². The molecule has 7 heteroatoms. The van der Waals surface area contributed by atoms with E-state index in [2.05, 4.69) is 58.1 Å². The van der Waals surface area contributed by atoms with Crippen molar-refractivity contribution < 1.29 is 9.53 Å². The number of hydrogen-bond acceptors (Lipinski definition) is 4. The van der Waals surface area contributed by atoms with Gasteiger partial charge >= 0.3 is 6.09 Å². The fraction of sp³-hybridized carbons (Fsp3) is 0.652. The first-order valence-electron chi connectivity index (χ1n) is 11.1. The number of hydrogen-bond donors (Lipinski definition) is 3. The van der Waals surface area contributed by atoms with Gasteiger partial charge in [0, 0.05) is 39.3 Å². The molecule has 1 heterocycles. The lowest BCUT2D eigenvalue weighted by atomic mass is 10.1. The normalized spacial score (nSPS) is 17.6. The highest BCUT2D eigenvalue weighted by Crippen LogP contribution is 2.17. The Bertz CT molecular complexity index is 657. The van der Waals surface area contributed by atoms with Gasteiger partial charge in [-0.2, -0.15) is 0 Å². The van der Waals surface area contributed by atoms with Crippen LogP contribution in [-0.4, -0.2) is 68.4 Å². The van der Waals surface area contributed by atoms with Gasteiger partial charge < -0.3 is 25.6 Å². The van der Waals surface area contributed by atoms with Crippen molar-refractivity contribution in [3.8, 4) is 0 Å². The largest absolute Gasteiger partial charge is 0.444 e. The molecule has 0 saturated carbocycles. The van der Waals surface area contributed by atoms with Crippen LogP contribution >= 0.6 is 0 Å². The molecule has 1 fully saturated rings. The lowest BCUT2D eigenvalue weighted by molar-refractivity contribution is 0.0529. The average molecular weight is 418 g/mol. The second-order valence-corrected chi connectivity index (χ2v) is 8.77. The number of carbonyl (C=O) groups excluding carboxylic acids is 1. The molecule has 3 N–H and O–H groups in total. The van der Waals surface area contributed by atoms with Gasteiger partial charge in [-0.3, -0.25) is 4.99 Å². The smallest absolute Gasteiger partial charge is 0.407 e. The van der Waals surface area contributed by atoms with E-state index in [4.69, 9.17) is 9.73 Å². The van der Waals surface area contributed by atoms with Crippen molar-refractivity contribution >= 4 is 12.1 Å². The maximum Gasteiger partial charge on any atom is 0.407 e. The number of nitrogens with zero attached hydrogens (tertiary/aromatic N) is 2. The van der Waals surface area contributed by atoms with E-state index in [0.29, 0.717) is 19.0 Å². The van der Waals surface area contributed by atoms with E-state index in [9.17, 15) is 4.79 Å². The lowest BCUT2D eigenvalue weighted by Crippen LogP contribution is -2.42. The summed E-state index contributed by atoms with van der Waals surface area (Å²) in [5, 5.41) is 9.30. The Balaban J connectivity index is 1.67.